The average molecular weight is 338 g/mol. The zero-order valence-corrected chi connectivity index (χ0v) is 14.5. The Hall–Kier alpha value is -1.40. The molecule has 1 aliphatic rings. The van der Waals surface area contributed by atoms with Gasteiger partial charge in [-0.1, -0.05) is 43.9 Å². The van der Waals surface area contributed by atoms with E-state index in [2.05, 4.69) is 4.72 Å². The number of carbonyl (C=O) groups excluding carboxylic acids is 1. The Bertz CT molecular complexity index is 594. The summed E-state index contributed by atoms with van der Waals surface area (Å²) in [4.78, 5) is 14.0. The van der Waals surface area contributed by atoms with Gasteiger partial charge in [0.25, 0.3) is 0 Å². The Morgan fingerprint density at radius 3 is 2.30 bits per heavy atom. The first-order chi connectivity index (χ1) is 11.0. The first kappa shape index (κ1) is 17.9. The van der Waals surface area contributed by atoms with Crippen LogP contribution in [-0.2, 0) is 14.8 Å². The molecule has 0 aromatic heterocycles. The zero-order valence-electron chi connectivity index (χ0n) is 13.7. The molecule has 1 aromatic rings. The number of hydrogen-bond donors (Lipinski definition) is 1. The van der Waals surface area contributed by atoms with Gasteiger partial charge in [0.2, 0.25) is 15.9 Å². The molecule has 128 valence electrons. The highest BCUT2D eigenvalue weighted by molar-refractivity contribution is 7.89. The minimum Gasteiger partial charge on any atom is -0.339 e. The van der Waals surface area contributed by atoms with Gasteiger partial charge in [0.15, 0.2) is 0 Å². The van der Waals surface area contributed by atoms with E-state index in [1.807, 2.05) is 4.90 Å². The van der Waals surface area contributed by atoms with Crippen molar-refractivity contribution in [3.63, 3.8) is 0 Å². The maximum atomic E-state index is 12.2. The average Bonchev–Trinajstić information content (AvgIpc) is 2.81. The first-order valence-electron chi connectivity index (χ1n) is 8.32. The molecular formula is C17H26N2O3S. The normalized spacial score (nSPS) is 16.7. The van der Waals surface area contributed by atoms with Gasteiger partial charge in [0.05, 0.1) is 4.90 Å². The van der Waals surface area contributed by atoms with Crippen LogP contribution < -0.4 is 4.72 Å². The van der Waals surface area contributed by atoms with Crippen molar-refractivity contribution in [1.29, 1.82) is 0 Å². The number of carbonyl (C=O) groups is 1. The van der Waals surface area contributed by atoms with Gasteiger partial charge in [0.1, 0.15) is 0 Å². The number of nitrogens with one attached hydrogen (secondary N) is 1. The van der Waals surface area contributed by atoms with Crippen molar-refractivity contribution < 1.29 is 13.2 Å². The summed E-state index contributed by atoms with van der Waals surface area (Å²) in [5.74, 6) is 0.0239. The van der Waals surface area contributed by atoms with E-state index in [4.69, 9.17) is 0 Å². The largest absolute Gasteiger partial charge is 0.339 e. The molecule has 1 aromatic carbocycles. The summed E-state index contributed by atoms with van der Waals surface area (Å²) in [6, 6.07) is 8.55. The van der Waals surface area contributed by atoms with E-state index in [-0.39, 0.29) is 23.4 Å². The van der Waals surface area contributed by atoms with Crippen molar-refractivity contribution >= 4 is 15.9 Å². The molecule has 0 spiro atoms. The number of rotatable bonds is 6. The number of sulfonamides is 1. The maximum absolute atomic E-state index is 12.2. The summed E-state index contributed by atoms with van der Waals surface area (Å²) in [6.07, 6.45) is 6.77. The van der Waals surface area contributed by atoms with Crippen molar-refractivity contribution in [2.45, 2.75) is 56.4 Å². The second-order valence-electron chi connectivity index (χ2n) is 6.07. The summed E-state index contributed by atoms with van der Waals surface area (Å²) in [5.41, 5.74) is 0. The van der Waals surface area contributed by atoms with Crippen LogP contribution in [-0.4, -0.2) is 38.4 Å². The highest BCUT2D eigenvalue weighted by Crippen LogP contribution is 2.22. The van der Waals surface area contributed by atoms with Gasteiger partial charge in [-0.05, 0) is 25.0 Å². The maximum Gasteiger partial charge on any atom is 0.240 e. The lowest BCUT2D eigenvalue weighted by atomic mass is 10.1. The molecule has 0 radical (unpaired) electrons. The van der Waals surface area contributed by atoms with E-state index in [0.29, 0.717) is 6.54 Å². The number of nitrogens with zero attached hydrogens (tertiary/aromatic N) is 1. The molecule has 6 heteroatoms. The highest BCUT2D eigenvalue weighted by Gasteiger charge is 2.22. The van der Waals surface area contributed by atoms with Crippen LogP contribution in [0.4, 0.5) is 0 Å². The standard InChI is InChI=1S/C17H26N2O3S/c1-15(20)19(16-9-5-2-3-6-10-16)14-13-18-23(21,22)17-11-7-4-8-12-17/h4,7-8,11-12,16,18H,2-3,5-6,9-10,13-14H2,1H3. The first-order valence-corrected chi connectivity index (χ1v) is 9.81. The molecule has 1 N–H and O–H groups in total. The van der Waals surface area contributed by atoms with E-state index in [9.17, 15) is 13.2 Å². The van der Waals surface area contributed by atoms with Gasteiger partial charge in [-0.3, -0.25) is 4.79 Å². The van der Waals surface area contributed by atoms with Crippen LogP contribution in [0.1, 0.15) is 45.4 Å². The van der Waals surface area contributed by atoms with Gasteiger partial charge >= 0.3 is 0 Å². The van der Waals surface area contributed by atoms with Crippen LogP contribution in [0.25, 0.3) is 0 Å². The van der Waals surface area contributed by atoms with Gasteiger partial charge in [-0.25, -0.2) is 13.1 Å². The minimum absolute atomic E-state index is 0.0239. The third kappa shape index (κ3) is 5.32. The summed E-state index contributed by atoms with van der Waals surface area (Å²) < 4.78 is 27.0. The fourth-order valence-electron chi connectivity index (χ4n) is 3.15. The smallest absolute Gasteiger partial charge is 0.240 e. The van der Waals surface area contributed by atoms with Crippen molar-refractivity contribution in [2.75, 3.05) is 13.1 Å². The lowest BCUT2D eigenvalue weighted by molar-refractivity contribution is -0.131. The van der Waals surface area contributed by atoms with Crippen molar-refractivity contribution in [3.8, 4) is 0 Å². The number of amides is 1. The molecule has 0 aliphatic heterocycles. The van der Waals surface area contributed by atoms with Gasteiger partial charge in [-0.15, -0.1) is 0 Å². The summed E-state index contributed by atoms with van der Waals surface area (Å²) in [6.45, 7) is 2.23. The Balaban J connectivity index is 1.93. The van der Waals surface area contributed by atoms with Gasteiger partial charge in [0, 0.05) is 26.1 Å². The molecule has 0 atom stereocenters. The van der Waals surface area contributed by atoms with Crippen molar-refractivity contribution in [3.05, 3.63) is 30.3 Å². The molecular weight excluding hydrogens is 312 g/mol. The SMILES string of the molecule is CC(=O)N(CCNS(=O)(=O)c1ccccc1)C1CCCCCC1. The highest BCUT2D eigenvalue weighted by atomic mass is 32.2. The third-order valence-corrected chi connectivity index (χ3v) is 5.85. The molecule has 0 unspecified atom stereocenters. The molecule has 5 nitrogen and oxygen atoms in total. The number of benzene rings is 1. The lowest BCUT2D eigenvalue weighted by Crippen LogP contribution is -2.43. The Morgan fingerprint density at radius 2 is 1.74 bits per heavy atom. The molecule has 1 amide bonds. The Labute approximate surface area is 139 Å². The predicted molar refractivity (Wildman–Crippen MR) is 90.5 cm³/mol. The quantitative estimate of drug-likeness (QED) is 0.811. The van der Waals surface area contributed by atoms with Crippen molar-refractivity contribution in [1.82, 2.24) is 9.62 Å². The molecule has 2 rings (SSSR count). The summed E-state index contributed by atoms with van der Waals surface area (Å²) in [7, 11) is -3.51. The van der Waals surface area contributed by atoms with Gasteiger partial charge in [-0.2, -0.15) is 0 Å². The topological polar surface area (TPSA) is 66.5 Å². The Kier molecular flexibility index (Phi) is 6.59. The predicted octanol–water partition coefficient (Wildman–Crippen LogP) is 2.54. The van der Waals surface area contributed by atoms with E-state index in [1.165, 1.54) is 12.8 Å². The second-order valence-corrected chi connectivity index (χ2v) is 7.84. The molecule has 1 aliphatic carbocycles. The molecule has 0 saturated heterocycles. The van der Waals surface area contributed by atoms with Crippen LogP contribution >= 0.6 is 0 Å². The van der Waals surface area contributed by atoms with Crippen LogP contribution in [0.2, 0.25) is 0 Å². The molecule has 0 heterocycles. The van der Waals surface area contributed by atoms with Crippen LogP contribution in [0.3, 0.4) is 0 Å². The molecule has 23 heavy (non-hydrogen) atoms. The number of hydrogen-bond acceptors (Lipinski definition) is 3. The third-order valence-electron chi connectivity index (χ3n) is 4.37. The minimum atomic E-state index is -3.51. The summed E-state index contributed by atoms with van der Waals surface area (Å²) >= 11 is 0. The van der Waals surface area contributed by atoms with E-state index < -0.39 is 10.0 Å². The van der Waals surface area contributed by atoms with E-state index >= 15 is 0 Å². The van der Waals surface area contributed by atoms with E-state index in [1.54, 1.807) is 37.3 Å². The van der Waals surface area contributed by atoms with Crippen LogP contribution in [0.5, 0.6) is 0 Å². The second kappa shape index (κ2) is 8.45. The fourth-order valence-corrected chi connectivity index (χ4v) is 4.19. The van der Waals surface area contributed by atoms with Crippen LogP contribution in [0, 0.1) is 0 Å². The van der Waals surface area contributed by atoms with Crippen LogP contribution in [0.15, 0.2) is 35.2 Å². The lowest BCUT2D eigenvalue weighted by Gasteiger charge is -2.30. The van der Waals surface area contributed by atoms with E-state index in [0.717, 1.165) is 25.7 Å². The van der Waals surface area contributed by atoms with Crippen molar-refractivity contribution in [2.24, 2.45) is 0 Å². The monoisotopic (exact) mass is 338 g/mol. The zero-order chi connectivity index (χ0) is 16.7. The Morgan fingerprint density at radius 1 is 1.13 bits per heavy atom. The fraction of sp³-hybridized carbons (Fsp3) is 0.588. The molecule has 1 fully saturated rings. The molecule has 0 bridgehead atoms. The molecule has 1 saturated carbocycles. The summed E-state index contributed by atoms with van der Waals surface area (Å²) in [5, 5.41) is 0. The van der Waals surface area contributed by atoms with Gasteiger partial charge < -0.3 is 4.90 Å².